The number of rotatable bonds is 13. The van der Waals surface area contributed by atoms with Crippen molar-refractivity contribution in [3.05, 3.63) is 35.3 Å². The van der Waals surface area contributed by atoms with Gasteiger partial charge in [-0.25, -0.2) is 9.37 Å². The molecule has 3 rings (SSSR count). The SMILES string of the molecule is CCCNCc1cc(Cn2ncc3nc(N)nc(N[C@@H](CCC)CCO)c32)c(OC)cc1F. The number of hydrogen-bond acceptors (Lipinski definition) is 8. The van der Waals surface area contributed by atoms with Crippen LogP contribution in [0.3, 0.4) is 0 Å². The summed E-state index contributed by atoms with van der Waals surface area (Å²) in [7, 11) is 1.52. The molecule has 0 spiro atoms. The van der Waals surface area contributed by atoms with Crippen molar-refractivity contribution in [3.63, 3.8) is 0 Å². The lowest BCUT2D eigenvalue weighted by Crippen LogP contribution is -2.22. The third-order valence-electron chi connectivity index (χ3n) is 5.47. The van der Waals surface area contributed by atoms with Crippen LogP contribution in [0.4, 0.5) is 16.2 Å². The van der Waals surface area contributed by atoms with Crippen LogP contribution >= 0.6 is 0 Å². The van der Waals surface area contributed by atoms with Gasteiger partial charge in [-0.05, 0) is 31.9 Å². The average molecular weight is 460 g/mol. The molecule has 33 heavy (non-hydrogen) atoms. The van der Waals surface area contributed by atoms with Gasteiger partial charge in [-0.15, -0.1) is 0 Å². The van der Waals surface area contributed by atoms with Crippen LogP contribution in [-0.4, -0.2) is 51.2 Å². The lowest BCUT2D eigenvalue weighted by molar-refractivity contribution is 0.276. The van der Waals surface area contributed by atoms with Gasteiger partial charge in [0.15, 0.2) is 5.82 Å². The van der Waals surface area contributed by atoms with Gasteiger partial charge < -0.3 is 26.2 Å². The number of benzene rings is 1. The number of nitrogens with zero attached hydrogens (tertiary/aromatic N) is 4. The topological polar surface area (TPSA) is 123 Å². The summed E-state index contributed by atoms with van der Waals surface area (Å²) in [6, 6.07) is 3.26. The summed E-state index contributed by atoms with van der Waals surface area (Å²) in [6.07, 6.45) is 5.03. The minimum absolute atomic E-state index is 0.0393. The first kappa shape index (κ1) is 24.7. The average Bonchev–Trinajstić information content (AvgIpc) is 3.18. The van der Waals surface area contributed by atoms with Gasteiger partial charge in [0.2, 0.25) is 5.95 Å². The second kappa shape index (κ2) is 11.8. The number of hydrogen-bond donors (Lipinski definition) is 4. The van der Waals surface area contributed by atoms with Gasteiger partial charge in [0.05, 0.1) is 19.9 Å². The standard InChI is InChI=1S/C23H34FN7O2/c1-4-6-17(7-9-32)28-22-21-19(29-23(25)30-22)13-27-31(21)14-16-10-15(12-26-8-5-2)18(24)11-20(16)33-3/h10-11,13,17,26,32H,4-9,12,14H2,1-3H3,(H3,25,28,29,30)/t17-/m0/s1. The predicted molar refractivity (Wildman–Crippen MR) is 128 cm³/mol. The highest BCUT2D eigenvalue weighted by molar-refractivity contribution is 5.86. The van der Waals surface area contributed by atoms with Gasteiger partial charge in [-0.2, -0.15) is 10.1 Å². The molecule has 2 heterocycles. The van der Waals surface area contributed by atoms with Crippen LogP contribution in [0.1, 0.15) is 50.7 Å². The van der Waals surface area contributed by atoms with Gasteiger partial charge in [-0.1, -0.05) is 20.3 Å². The number of methoxy groups -OCH3 is 1. The van der Waals surface area contributed by atoms with Gasteiger partial charge >= 0.3 is 0 Å². The monoisotopic (exact) mass is 459 g/mol. The summed E-state index contributed by atoms with van der Waals surface area (Å²) in [5.41, 5.74) is 8.60. The Morgan fingerprint density at radius 3 is 2.70 bits per heavy atom. The van der Waals surface area contributed by atoms with Gasteiger partial charge in [0, 0.05) is 36.4 Å². The molecule has 1 aromatic carbocycles. The summed E-state index contributed by atoms with van der Waals surface area (Å²) < 4.78 is 21.8. The molecule has 1 atom stereocenters. The number of aliphatic hydroxyl groups excluding tert-OH is 1. The Kier molecular flexibility index (Phi) is 8.79. The Balaban J connectivity index is 1.98. The third kappa shape index (κ3) is 6.08. The fourth-order valence-electron chi connectivity index (χ4n) is 3.88. The molecule has 0 fully saturated rings. The molecule has 0 aliphatic heterocycles. The lowest BCUT2D eigenvalue weighted by Gasteiger charge is -2.19. The molecular formula is C23H34FN7O2. The van der Waals surface area contributed by atoms with Crippen LogP contribution in [0, 0.1) is 5.82 Å². The second-order valence-electron chi connectivity index (χ2n) is 8.04. The van der Waals surface area contributed by atoms with Crippen molar-refractivity contribution in [2.45, 2.75) is 58.7 Å². The van der Waals surface area contributed by atoms with E-state index < -0.39 is 0 Å². The Morgan fingerprint density at radius 1 is 1.18 bits per heavy atom. The van der Waals surface area contributed by atoms with E-state index in [0.29, 0.717) is 47.7 Å². The molecule has 0 radical (unpaired) electrons. The molecule has 2 aromatic heterocycles. The predicted octanol–water partition coefficient (Wildman–Crippen LogP) is 3.07. The number of nitrogens with one attached hydrogen (secondary N) is 2. The normalized spacial score (nSPS) is 12.3. The highest BCUT2D eigenvalue weighted by Gasteiger charge is 2.18. The summed E-state index contributed by atoms with van der Waals surface area (Å²) >= 11 is 0. The van der Waals surface area contributed by atoms with E-state index in [-0.39, 0.29) is 24.4 Å². The highest BCUT2D eigenvalue weighted by Crippen LogP contribution is 2.28. The highest BCUT2D eigenvalue weighted by atomic mass is 19.1. The van der Waals surface area contributed by atoms with Gasteiger partial charge in [0.25, 0.3) is 0 Å². The Bertz CT molecular complexity index is 1050. The minimum Gasteiger partial charge on any atom is -0.496 e. The number of aliphatic hydroxyl groups is 1. The maximum absolute atomic E-state index is 14.6. The van der Waals surface area contributed by atoms with Crippen molar-refractivity contribution in [1.29, 1.82) is 0 Å². The number of anilines is 2. The van der Waals surface area contributed by atoms with Crippen molar-refractivity contribution in [1.82, 2.24) is 25.1 Å². The summed E-state index contributed by atoms with van der Waals surface area (Å²) in [6.45, 7) is 5.82. The lowest BCUT2D eigenvalue weighted by atomic mass is 10.1. The first-order valence-electron chi connectivity index (χ1n) is 11.4. The van der Waals surface area contributed by atoms with E-state index in [1.807, 2.05) is 0 Å². The molecule has 0 aliphatic rings. The van der Waals surface area contributed by atoms with E-state index in [2.05, 4.69) is 39.5 Å². The molecular weight excluding hydrogens is 425 g/mol. The van der Waals surface area contributed by atoms with Crippen LogP contribution in [0.5, 0.6) is 5.75 Å². The molecule has 0 saturated heterocycles. The van der Waals surface area contributed by atoms with Crippen molar-refractivity contribution < 1.29 is 14.2 Å². The molecule has 0 bridgehead atoms. The van der Waals surface area contributed by atoms with Crippen molar-refractivity contribution in [2.75, 3.05) is 31.3 Å². The van der Waals surface area contributed by atoms with Crippen LogP contribution in [0.25, 0.3) is 11.0 Å². The third-order valence-corrected chi connectivity index (χ3v) is 5.47. The first-order valence-corrected chi connectivity index (χ1v) is 11.4. The maximum Gasteiger partial charge on any atom is 0.222 e. The Hall–Kier alpha value is -2.98. The number of ether oxygens (including phenoxy) is 1. The molecule has 5 N–H and O–H groups in total. The largest absolute Gasteiger partial charge is 0.496 e. The zero-order valence-corrected chi connectivity index (χ0v) is 19.6. The van der Waals surface area contributed by atoms with Gasteiger partial charge in [0.1, 0.15) is 22.6 Å². The molecule has 0 saturated carbocycles. The summed E-state index contributed by atoms with van der Waals surface area (Å²) in [4.78, 5) is 8.73. The zero-order valence-electron chi connectivity index (χ0n) is 19.6. The van der Waals surface area contributed by atoms with E-state index in [1.165, 1.54) is 13.2 Å². The number of fused-ring (bicyclic) bond motifs is 1. The van der Waals surface area contributed by atoms with Crippen LogP contribution in [-0.2, 0) is 13.1 Å². The molecule has 0 amide bonds. The summed E-state index contributed by atoms with van der Waals surface area (Å²) in [5, 5.41) is 20.6. The van der Waals surface area contributed by atoms with E-state index in [4.69, 9.17) is 10.5 Å². The molecule has 0 unspecified atom stereocenters. The quantitative estimate of drug-likeness (QED) is 0.288. The van der Waals surface area contributed by atoms with E-state index in [9.17, 15) is 9.50 Å². The number of halogens is 1. The fourth-order valence-corrected chi connectivity index (χ4v) is 3.88. The van der Waals surface area contributed by atoms with Crippen LogP contribution in [0.15, 0.2) is 18.3 Å². The van der Waals surface area contributed by atoms with Crippen LogP contribution in [0.2, 0.25) is 0 Å². The molecule has 0 aliphatic carbocycles. The van der Waals surface area contributed by atoms with E-state index >= 15 is 0 Å². The fraction of sp³-hybridized carbons (Fsp3) is 0.522. The first-order chi connectivity index (χ1) is 16.0. The number of aromatic nitrogens is 4. The van der Waals surface area contributed by atoms with Crippen molar-refractivity contribution >= 4 is 22.8 Å². The van der Waals surface area contributed by atoms with E-state index in [0.717, 1.165) is 31.4 Å². The van der Waals surface area contributed by atoms with Crippen LogP contribution < -0.4 is 21.1 Å². The Labute approximate surface area is 193 Å². The molecule has 180 valence electrons. The van der Waals surface area contributed by atoms with Crippen molar-refractivity contribution in [3.8, 4) is 5.75 Å². The second-order valence-corrected chi connectivity index (χ2v) is 8.04. The zero-order chi connectivity index (χ0) is 23.8. The maximum atomic E-state index is 14.6. The van der Waals surface area contributed by atoms with Crippen molar-refractivity contribution in [2.24, 2.45) is 0 Å². The molecule has 10 heteroatoms. The molecule has 9 nitrogen and oxygen atoms in total. The van der Waals surface area contributed by atoms with E-state index in [1.54, 1.807) is 16.9 Å². The number of nitrogen functional groups attached to an aromatic ring is 1. The summed E-state index contributed by atoms with van der Waals surface area (Å²) in [5.74, 6) is 0.847. The molecule has 3 aromatic rings. The van der Waals surface area contributed by atoms with Gasteiger partial charge in [-0.3, -0.25) is 4.68 Å². The smallest absolute Gasteiger partial charge is 0.222 e. The Morgan fingerprint density at radius 2 is 2.00 bits per heavy atom. The number of nitrogens with two attached hydrogens (primary N) is 1. The minimum atomic E-state index is -0.311.